The topological polar surface area (TPSA) is 69.8 Å². The highest BCUT2D eigenvalue weighted by atomic mass is 127. The van der Waals surface area contributed by atoms with Gasteiger partial charge in [0.15, 0.2) is 5.65 Å². The van der Waals surface area contributed by atoms with Gasteiger partial charge in [0, 0.05) is 24.0 Å². The molecule has 4 aromatic rings. The molecule has 4 rings (SSSR count). The first-order chi connectivity index (χ1) is 11.4. The molecular weight excluding hydrogens is 439 g/mol. The summed E-state index contributed by atoms with van der Waals surface area (Å²) in [6.07, 6.45) is 3.38. The molecule has 122 valence electrons. The molecule has 3 heterocycles. The molecule has 0 unspecified atom stereocenters. The molecule has 24 heavy (non-hydrogen) atoms. The van der Waals surface area contributed by atoms with Crippen molar-refractivity contribution in [1.29, 1.82) is 0 Å². The highest BCUT2D eigenvalue weighted by molar-refractivity contribution is 14.1. The van der Waals surface area contributed by atoms with Crippen molar-refractivity contribution >= 4 is 54.6 Å². The van der Waals surface area contributed by atoms with E-state index in [1.807, 2.05) is 42.6 Å². The molecule has 0 aliphatic carbocycles. The Balaban J connectivity index is 2.06. The zero-order chi connectivity index (χ0) is 17.1. The van der Waals surface area contributed by atoms with E-state index in [4.69, 9.17) is 0 Å². The van der Waals surface area contributed by atoms with Gasteiger partial charge in [0.05, 0.1) is 20.3 Å². The summed E-state index contributed by atoms with van der Waals surface area (Å²) in [5, 5.41) is 5.88. The van der Waals surface area contributed by atoms with Gasteiger partial charge in [-0.3, -0.25) is 4.68 Å². The number of hydrogen-bond donors (Lipinski definition) is 0. The van der Waals surface area contributed by atoms with Gasteiger partial charge in [0.2, 0.25) is 0 Å². The minimum atomic E-state index is -3.72. The van der Waals surface area contributed by atoms with Gasteiger partial charge in [-0.25, -0.2) is 17.4 Å². The molecule has 8 heteroatoms. The zero-order valence-corrected chi connectivity index (χ0v) is 15.9. The molecule has 1 aromatic carbocycles. The van der Waals surface area contributed by atoms with Crippen LogP contribution in [0, 0.1) is 10.6 Å². The summed E-state index contributed by atoms with van der Waals surface area (Å²) in [5.74, 6) is 0. The lowest BCUT2D eigenvalue weighted by molar-refractivity contribution is 0.588. The van der Waals surface area contributed by atoms with Crippen LogP contribution in [0.3, 0.4) is 0 Å². The lowest BCUT2D eigenvalue weighted by Gasteiger charge is -2.09. The predicted molar refractivity (Wildman–Crippen MR) is 100 cm³/mol. The Bertz CT molecular complexity index is 1190. The number of benzene rings is 1. The van der Waals surface area contributed by atoms with Crippen LogP contribution in [0.4, 0.5) is 0 Å². The van der Waals surface area contributed by atoms with E-state index >= 15 is 0 Å². The van der Waals surface area contributed by atoms with Crippen LogP contribution in [0.25, 0.3) is 21.9 Å². The summed E-state index contributed by atoms with van der Waals surface area (Å²) in [5.41, 5.74) is 2.29. The third-order valence-electron chi connectivity index (χ3n) is 4.00. The summed E-state index contributed by atoms with van der Waals surface area (Å²) in [7, 11) is -1.88. The van der Waals surface area contributed by atoms with Gasteiger partial charge in [0.1, 0.15) is 0 Å². The molecular formula is C16H13IN4O2S. The third-order valence-corrected chi connectivity index (χ3v) is 6.84. The standard InChI is InChI=1S/C16H13IN4O2S/c1-10-3-5-12(6-4-10)24(22,23)21-14(17)7-13-15-11(8-18-16(13)21)9-19-20(15)2/h3-9H,1-2H3. The lowest BCUT2D eigenvalue weighted by Crippen LogP contribution is -2.15. The van der Waals surface area contributed by atoms with Gasteiger partial charge in [-0.2, -0.15) is 5.10 Å². The summed E-state index contributed by atoms with van der Waals surface area (Å²) in [6.45, 7) is 1.92. The molecule has 0 saturated heterocycles. The minimum absolute atomic E-state index is 0.246. The van der Waals surface area contributed by atoms with Crippen molar-refractivity contribution in [3.05, 3.63) is 52.0 Å². The summed E-state index contributed by atoms with van der Waals surface area (Å²) < 4.78 is 29.8. The van der Waals surface area contributed by atoms with Crippen LogP contribution >= 0.6 is 22.6 Å². The van der Waals surface area contributed by atoms with Crippen LogP contribution in [0.5, 0.6) is 0 Å². The Labute approximate surface area is 152 Å². The van der Waals surface area contributed by atoms with Gasteiger partial charge in [-0.15, -0.1) is 0 Å². The van der Waals surface area contributed by atoms with Crippen LogP contribution in [-0.2, 0) is 17.1 Å². The zero-order valence-electron chi connectivity index (χ0n) is 12.9. The maximum atomic E-state index is 13.1. The van der Waals surface area contributed by atoms with Crippen molar-refractivity contribution in [1.82, 2.24) is 18.7 Å². The molecule has 0 spiro atoms. The first-order valence-corrected chi connectivity index (χ1v) is 9.71. The monoisotopic (exact) mass is 452 g/mol. The second-order valence-electron chi connectivity index (χ2n) is 5.62. The quantitative estimate of drug-likeness (QED) is 0.439. The number of fused-ring (bicyclic) bond motifs is 3. The van der Waals surface area contributed by atoms with Gasteiger partial charge < -0.3 is 0 Å². The Morgan fingerprint density at radius 3 is 2.54 bits per heavy atom. The molecule has 6 nitrogen and oxygen atoms in total. The van der Waals surface area contributed by atoms with Crippen molar-refractivity contribution in [3.63, 3.8) is 0 Å². The number of aromatic nitrogens is 4. The molecule has 0 radical (unpaired) electrons. The Morgan fingerprint density at radius 2 is 1.83 bits per heavy atom. The molecule has 0 aliphatic rings. The normalized spacial score (nSPS) is 12.3. The van der Waals surface area contributed by atoms with Gasteiger partial charge in [0.25, 0.3) is 10.0 Å². The van der Waals surface area contributed by atoms with Crippen molar-refractivity contribution in [2.75, 3.05) is 0 Å². The number of aryl methyl sites for hydroxylation is 2. The van der Waals surface area contributed by atoms with E-state index in [0.29, 0.717) is 9.35 Å². The first kappa shape index (κ1) is 15.6. The predicted octanol–water partition coefficient (Wildman–Crippen LogP) is 3.07. The maximum absolute atomic E-state index is 13.1. The fraction of sp³-hybridized carbons (Fsp3) is 0.125. The highest BCUT2D eigenvalue weighted by Gasteiger charge is 2.24. The van der Waals surface area contributed by atoms with Crippen LogP contribution in [-0.4, -0.2) is 27.2 Å². The molecule has 0 saturated carbocycles. The first-order valence-electron chi connectivity index (χ1n) is 7.19. The molecule has 0 fully saturated rings. The molecule has 0 N–H and O–H groups in total. The second kappa shape index (κ2) is 5.28. The highest BCUT2D eigenvalue weighted by Crippen LogP contribution is 2.30. The minimum Gasteiger partial charge on any atom is -0.267 e. The van der Waals surface area contributed by atoms with Crippen molar-refractivity contribution < 1.29 is 8.42 Å². The number of pyridine rings is 1. The molecule has 0 bridgehead atoms. The lowest BCUT2D eigenvalue weighted by atomic mass is 10.2. The fourth-order valence-corrected chi connectivity index (χ4v) is 5.47. The van der Waals surface area contributed by atoms with E-state index in [0.717, 1.165) is 21.9 Å². The van der Waals surface area contributed by atoms with Crippen LogP contribution in [0.2, 0.25) is 0 Å². The number of rotatable bonds is 2. The molecule has 0 atom stereocenters. The van der Waals surface area contributed by atoms with Gasteiger partial charge in [-0.1, -0.05) is 17.7 Å². The summed E-state index contributed by atoms with van der Waals surface area (Å²) in [6, 6.07) is 8.65. The van der Waals surface area contributed by atoms with E-state index in [1.54, 1.807) is 41.3 Å². The summed E-state index contributed by atoms with van der Waals surface area (Å²) >= 11 is 2.03. The Hall–Kier alpha value is -1.94. The van der Waals surface area contributed by atoms with E-state index in [-0.39, 0.29) is 4.90 Å². The molecule has 3 aromatic heterocycles. The Morgan fingerprint density at radius 1 is 1.12 bits per heavy atom. The number of halogens is 1. The maximum Gasteiger partial charge on any atom is 0.270 e. The SMILES string of the molecule is Cc1ccc(S(=O)(=O)n2c(I)cc3c4c(cnc32)cnn4C)cc1. The van der Waals surface area contributed by atoms with E-state index in [1.165, 1.54) is 3.97 Å². The average Bonchev–Trinajstić information content (AvgIpc) is 3.07. The fourth-order valence-electron chi connectivity index (χ4n) is 2.80. The largest absolute Gasteiger partial charge is 0.270 e. The van der Waals surface area contributed by atoms with Gasteiger partial charge >= 0.3 is 0 Å². The van der Waals surface area contributed by atoms with Crippen LogP contribution in [0.15, 0.2) is 47.6 Å². The molecule has 0 amide bonds. The van der Waals surface area contributed by atoms with Gasteiger partial charge in [-0.05, 0) is 47.7 Å². The Kier molecular flexibility index (Phi) is 3.43. The smallest absolute Gasteiger partial charge is 0.267 e. The van der Waals surface area contributed by atoms with E-state index < -0.39 is 10.0 Å². The number of hydrogen-bond acceptors (Lipinski definition) is 4. The molecule has 0 aliphatic heterocycles. The van der Waals surface area contributed by atoms with E-state index in [2.05, 4.69) is 10.1 Å². The third kappa shape index (κ3) is 2.16. The van der Waals surface area contributed by atoms with Crippen LogP contribution in [0.1, 0.15) is 5.56 Å². The van der Waals surface area contributed by atoms with Crippen molar-refractivity contribution in [3.8, 4) is 0 Å². The van der Waals surface area contributed by atoms with Crippen LogP contribution < -0.4 is 0 Å². The summed E-state index contributed by atoms with van der Waals surface area (Å²) in [4.78, 5) is 4.62. The van der Waals surface area contributed by atoms with E-state index in [9.17, 15) is 8.42 Å². The van der Waals surface area contributed by atoms with Crippen molar-refractivity contribution in [2.45, 2.75) is 11.8 Å². The number of nitrogens with zero attached hydrogens (tertiary/aromatic N) is 4. The second-order valence-corrected chi connectivity index (χ2v) is 8.51. The van der Waals surface area contributed by atoms with Crippen molar-refractivity contribution in [2.24, 2.45) is 7.05 Å². The average molecular weight is 452 g/mol.